The first-order chi connectivity index (χ1) is 7.00. The van der Waals surface area contributed by atoms with Crippen LogP contribution in [0.3, 0.4) is 0 Å². The fraction of sp³-hybridized carbons (Fsp3) is 0.333. The van der Waals surface area contributed by atoms with Crippen LogP contribution in [0.25, 0.3) is 0 Å². The number of benzene rings is 1. The molecule has 15 heavy (non-hydrogen) atoms. The number of nitrogens with two attached hydrogens (primary N) is 1. The van der Waals surface area contributed by atoms with Crippen LogP contribution >= 0.6 is 11.6 Å². The Morgan fingerprint density at radius 3 is 2.73 bits per heavy atom. The first-order valence-electron chi connectivity index (χ1n) is 4.84. The van der Waals surface area contributed by atoms with Gasteiger partial charge in [-0.25, -0.2) is 0 Å². The Morgan fingerprint density at radius 2 is 2.20 bits per heavy atom. The third-order valence-electron chi connectivity index (χ3n) is 2.19. The highest BCUT2D eigenvalue weighted by Crippen LogP contribution is 2.19. The first kappa shape index (κ1) is 12.1. The molecule has 2 atom stereocenters. The lowest BCUT2D eigenvalue weighted by molar-refractivity contribution is 0.203. The largest absolute Gasteiger partial charge is 0.489 e. The molecule has 0 aromatic heterocycles. The van der Waals surface area contributed by atoms with Crippen LogP contribution in [0.2, 0.25) is 5.02 Å². The van der Waals surface area contributed by atoms with Gasteiger partial charge in [0, 0.05) is 5.02 Å². The second-order valence-corrected chi connectivity index (χ2v) is 4.09. The van der Waals surface area contributed by atoms with Crippen LogP contribution in [-0.2, 0) is 0 Å². The van der Waals surface area contributed by atoms with Gasteiger partial charge in [0.25, 0.3) is 0 Å². The van der Waals surface area contributed by atoms with Crippen LogP contribution in [0.4, 0.5) is 0 Å². The normalized spacial score (nSPS) is 14.4. The Kier molecular flexibility index (Phi) is 4.18. The average molecular weight is 226 g/mol. The van der Waals surface area contributed by atoms with Crippen molar-refractivity contribution in [1.29, 1.82) is 0 Å². The summed E-state index contributed by atoms with van der Waals surface area (Å²) in [7, 11) is 0. The topological polar surface area (TPSA) is 35.2 Å². The summed E-state index contributed by atoms with van der Waals surface area (Å²) in [5.41, 5.74) is 6.80. The van der Waals surface area contributed by atoms with Crippen LogP contribution in [-0.4, -0.2) is 12.1 Å². The predicted molar refractivity (Wildman–Crippen MR) is 64.3 cm³/mol. The maximum atomic E-state index is 5.89. The monoisotopic (exact) mass is 225 g/mol. The third-order valence-corrected chi connectivity index (χ3v) is 2.43. The highest BCUT2D eigenvalue weighted by molar-refractivity contribution is 6.30. The molecule has 2 unspecified atom stereocenters. The lowest BCUT2D eigenvalue weighted by Crippen LogP contribution is -2.37. The summed E-state index contributed by atoms with van der Waals surface area (Å²) in [5.74, 6) is 0.728. The van der Waals surface area contributed by atoms with Crippen molar-refractivity contribution in [3.05, 3.63) is 41.4 Å². The van der Waals surface area contributed by atoms with Crippen molar-refractivity contribution in [2.45, 2.75) is 26.0 Å². The quantitative estimate of drug-likeness (QED) is 0.800. The van der Waals surface area contributed by atoms with Crippen molar-refractivity contribution in [3.8, 4) is 5.75 Å². The molecule has 0 saturated heterocycles. The lowest BCUT2D eigenvalue weighted by Gasteiger charge is -2.21. The molecule has 1 aromatic rings. The maximum Gasteiger partial charge on any atom is 0.121 e. The van der Waals surface area contributed by atoms with Crippen molar-refractivity contribution in [1.82, 2.24) is 0 Å². The molecule has 2 nitrogen and oxygen atoms in total. The molecule has 1 aromatic carbocycles. The Bertz CT molecular complexity index is 351. The second-order valence-electron chi connectivity index (χ2n) is 3.65. The van der Waals surface area contributed by atoms with Crippen molar-refractivity contribution in [3.63, 3.8) is 0 Å². The Balaban J connectivity index is 2.66. The number of rotatable bonds is 4. The van der Waals surface area contributed by atoms with Crippen LogP contribution in [0.15, 0.2) is 36.4 Å². The number of ether oxygens (including phenoxy) is 1. The summed E-state index contributed by atoms with van der Waals surface area (Å²) >= 11 is 5.84. The van der Waals surface area contributed by atoms with E-state index in [0.717, 1.165) is 11.3 Å². The summed E-state index contributed by atoms with van der Waals surface area (Å²) in [6, 6.07) is 7.11. The van der Waals surface area contributed by atoms with Crippen LogP contribution in [0.1, 0.15) is 13.8 Å². The van der Waals surface area contributed by atoms with Crippen molar-refractivity contribution < 1.29 is 4.74 Å². The molecule has 0 heterocycles. The van der Waals surface area contributed by atoms with Crippen LogP contribution in [0.5, 0.6) is 5.75 Å². The van der Waals surface area contributed by atoms with Gasteiger partial charge in [-0.2, -0.15) is 0 Å². The zero-order chi connectivity index (χ0) is 11.4. The van der Waals surface area contributed by atoms with Crippen molar-refractivity contribution in [2.75, 3.05) is 0 Å². The van der Waals surface area contributed by atoms with E-state index in [1.165, 1.54) is 0 Å². The van der Waals surface area contributed by atoms with Crippen LogP contribution < -0.4 is 10.5 Å². The number of hydrogen-bond acceptors (Lipinski definition) is 2. The minimum Gasteiger partial charge on any atom is -0.489 e. The molecule has 0 radical (unpaired) electrons. The molecule has 82 valence electrons. The van der Waals surface area contributed by atoms with Gasteiger partial charge in [-0.15, -0.1) is 0 Å². The van der Waals surface area contributed by atoms with Gasteiger partial charge in [-0.3, -0.25) is 0 Å². The summed E-state index contributed by atoms with van der Waals surface area (Å²) < 4.78 is 5.65. The molecule has 3 heteroatoms. The smallest absolute Gasteiger partial charge is 0.121 e. The molecule has 0 bridgehead atoms. The van der Waals surface area contributed by atoms with Gasteiger partial charge in [-0.1, -0.05) is 29.8 Å². The minimum atomic E-state index is -0.163. The zero-order valence-corrected chi connectivity index (χ0v) is 9.79. The molecule has 1 rings (SSSR count). The van der Waals surface area contributed by atoms with Gasteiger partial charge in [0.1, 0.15) is 11.9 Å². The lowest BCUT2D eigenvalue weighted by atomic mass is 10.1. The molecule has 2 N–H and O–H groups in total. The van der Waals surface area contributed by atoms with Gasteiger partial charge in [0.2, 0.25) is 0 Å². The SMILES string of the molecule is C=C(C)C(N)C(C)Oc1cccc(Cl)c1. The van der Waals surface area contributed by atoms with E-state index in [2.05, 4.69) is 6.58 Å². The van der Waals surface area contributed by atoms with E-state index in [-0.39, 0.29) is 12.1 Å². The molecule has 0 spiro atoms. The second kappa shape index (κ2) is 5.19. The number of halogens is 1. The zero-order valence-electron chi connectivity index (χ0n) is 9.03. The van der Waals surface area contributed by atoms with Gasteiger partial charge in [0.15, 0.2) is 0 Å². The molecule has 0 saturated carbocycles. The van der Waals surface area contributed by atoms with Gasteiger partial charge >= 0.3 is 0 Å². The number of hydrogen-bond donors (Lipinski definition) is 1. The predicted octanol–water partition coefficient (Wildman–Crippen LogP) is 3.01. The minimum absolute atomic E-state index is 0.110. The average Bonchev–Trinajstić information content (AvgIpc) is 2.16. The van der Waals surface area contributed by atoms with E-state index < -0.39 is 0 Å². The van der Waals surface area contributed by atoms with Gasteiger partial charge in [-0.05, 0) is 32.0 Å². The molecular weight excluding hydrogens is 210 g/mol. The van der Waals surface area contributed by atoms with Gasteiger partial charge in [0.05, 0.1) is 6.04 Å². The Labute approximate surface area is 95.7 Å². The molecular formula is C12H16ClNO. The highest BCUT2D eigenvalue weighted by Gasteiger charge is 2.14. The molecule has 0 amide bonds. The molecule has 0 aliphatic heterocycles. The van der Waals surface area contributed by atoms with E-state index in [0.29, 0.717) is 5.02 Å². The van der Waals surface area contributed by atoms with Crippen molar-refractivity contribution >= 4 is 11.6 Å². The maximum absolute atomic E-state index is 5.89. The fourth-order valence-corrected chi connectivity index (χ4v) is 1.41. The molecule has 0 aliphatic carbocycles. The van der Waals surface area contributed by atoms with Gasteiger partial charge < -0.3 is 10.5 Å². The summed E-state index contributed by atoms with van der Waals surface area (Å²) in [4.78, 5) is 0. The van der Waals surface area contributed by atoms with E-state index in [4.69, 9.17) is 22.1 Å². The third kappa shape index (κ3) is 3.57. The van der Waals surface area contributed by atoms with E-state index in [1.54, 1.807) is 12.1 Å². The molecule has 0 aliphatic rings. The van der Waals surface area contributed by atoms with Crippen molar-refractivity contribution in [2.24, 2.45) is 5.73 Å². The standard InChI is InChI=1S/C12H16ClNO/c1-8(2)12(14)9(3)15-11-6-4-5-10(13)7-11/h4-7,9,12H,1,14H2,2-3H3. The van der Waals surface area contributed by atoms with E-state index in [9.17, 15) is 0 Å². The summed E-state index contributed by atoms with van der Waals surface area (Å²) in [5, 5.41) is 0.656. The Hall–Kier alpha value is -0.990. The Morgan fingerprint density at radius 1 is 1.53 bits per heavy atom. The van der Waals surface area contributed by atoms with E-state index >= 15 is 0 Å². The summed E-state index contributed by atoms with van der Waals surface area (Å²) in [6.45, 7) is 7.61. The highest BCUT2D eigenvalue weighted by atomic mass is 35.5. The van der Waals surface area contributed by atoms with E-state index in [1.807, 2.05) is 26.0 Å². The first-order valence-corrected chi connectivity index (χ1v) is 5.21. The summed E-state index contributed by atoms with van der Waals surface area (Å²) in [6.07, 6.45) is -0.110. The molecule has 0 fully saturated rings. The fourth-order valence-electron chi connectivity index (χ4n) is 1.23. The van der Waals surface area contributed by atoms with Crippen LogP contribution in [0, 0.1) is 0 Å².